The first-order chi connectivity index (χ1) is 10.1. The van der Waals surface area contributed by atoms with Gasteiger partial charge in [-0.25, -0.2) is 4.39 Å². The SMILES string of the molecule is CCNC(C)c1ccc(F)cc1OCc1cccc(C)n1. The van der Waals surface area contributed by atoms with E-state index >= 15 is 0 Å². The highest BCUT2D eigenvalue weighted by Gasteiger charge is 2.12. The number of rotatable bonds is 6. The van der Waals surface area contributed by atoms with Crippen LogP contribution in [0, 0.1) is 12.7 Å². The van der Waals surface area contributed by atoms with Gasteiger partial charge in [-0.05, 0) is 38.6 Å². The molecule has 3 nitrogen and oxygen atoms in total. The molecule has 2 aromatic rings. The smallest absolute Gasteiger partial charge is 0.130 e. The number of hydrogen-bond donors (Lipinski definition) is 1. The second-order valence-electron chi connectivity index (χ2n) is 5.02. The van der Waals surface area contributed by atoms with Crippen LogP contribution in [-0.2, 0) is 6.61 Å². The quantitative estimate of drug-likeness (QED) is 0.878. The van der Waals surface area contributed by atoms with Gasteiger partial charge in [0.1, 0.15) is 18.2 Å². The zero-order valence-corrected chi connectivity index (χ0v) is 12.7. The van der Waals surface area contributed by atoms with E-state index in [4.69, 9.17) is 4.74 Å². The van der Waals surface area contributed by atoms with Crippen molar-refractivity contribution >= 4 is 0 Å². The van der Waals surface area contributed by atoms with Crippen molar-refractivity contribution in [3.8, 4) is 5.75 Å². The number of aromatic nitrogens is 1. The van der Waals surface area contributed by atoms with Crippen molar-refractivity contribution in [1.82, 2.24) is 10.3 Å². The first-order valence-corrected chi connectivity index (χ1v) is 7.18. The van der Waals surface area contributed by atoms with Gasteiger partial charge in [0.15, 0.2) is 0 Å². The molecule has 4 heteroatoms. The van der Waals surface area contributed by atoms with E-state index < -0.39 is 0 Å². The highest BCUT2D eigenvalue weighted by molar-refractivity contribution is 5.36. The van der Waals surface area contributed by atoms with Crippen LogP contribution < -0.4 is 10.1 Å². The van der Waals surface area contributed by atoms with Crippen LogP contribution in [0.15, 0.2) is 36.4 Å². The second-order valence-corrected chi connectivity index (χ2v) is 5.02. The fraction of sp³-hybridized carbons (Fsp3) is 0.353. The minimum absolute atomic E-state index is 0.107. The number of hydrogen-bond acceptors (Lipinski definition) is 3. The Morgan fingerprint density at radius 3 is 2.81 bits per heavy atom. The van der Waals surface area contributed by atoms with Gasteiger partial charge < -0.3 is 10.1 Å². The summed E-state index contributed by atoms with van der Waals surface area (Å²) in [4.78, 5) is 4.39. The minimum atomic E-state index is -0.297. The predicted molar refractivity (Wildman–Crippen MR) is 81.8 cm³/mol. The number of benzene rings is 1. The van der Waals surface area contributed by atoms with Gasteiger partial charge in [-0.3, -0.25) is 4.98 Å². The largest absolute Gasteiger partial charge is 0.487 e. The summed E-state index contributed by atoms with van der Waals surface area (Å²) < 4.78 is 19.3. The average Bonchev–Trinajstić information content (AvgIpc) is 2.45. The third-order valence-electron chi connectivity index (χ3n) is 3.27. The first-order valence-electron chi connectivity index (χ1n) is 7.18. The summed E-state index contributed by atoms with van der Waals surface area (Å²) in [6.45, 7) is 7.19. The van der Waals surface area contributed by atoms with Crippen LogP contribution in [0.1, 0.15) is 36.8 Å². The lowest BCUT2D eigenvalue weighted by molar-refractivity contribution is 0.293. The molecule has 1 N–H and O–H groups in total. The van der Waals surface area contributed by atoms with Crippen molar-refractivity contribution in [1.29, 1.82) is 0 Å². The normalized spacial score (nSPS) is 12.2. The van der Waals surface area contributed by atoms with Crippen molar-refractivity contribution in [2.75, 3.05) is 6.54 Å². The Morgan fingerprint density at radius 1 is 1.29 bits per heavy atom. The molecule has 0 saturated heterocycles. The van der Waals surface area contributed by atoms with Crippen LogP contribution in [0.3, 0.4) is 0 Å². The van der Waals surface area contributed by atoms with Crippen LogP contribution in [0.25, 0.3) is 0 Å². The van der Waals surface area contributed by atoms with Gasteiger partial charge in [-0.2, -0.15) is 0 Å². The Hall–Kier alpha value is -1.94. The molecule has 0 saturated carbocycles. The van der Waals surface area contributed by atoms with E-state index in [2.05, 4.69) is 10.3 Å². The highest BCUT2D eigenvalue weighted by Crippen LogP contribution is 2.26. The Morgan fingerprint density at radius 2 is 2.10 bits per heavy atom. The van der Waals surface area contributed by atoms with Crippen molar-refractivity contribution in [2.24, 2.45) is 0 Å². The van der Waals surface area contributed by atoms with E-state index in [0.29, 0.717) is 12.4 Å². The summed E-state index contributed by atoms with van der Waals surface area (Å²) in [5, 5.41) is 3.31. The lowest BCUT2D eigenvalue weighted by Crippen LogP contribution is -2.18. The van der Waals surface area contributed by atoms with E-state index in [9.17, 15) is 4.39 Å². The molecule has 21 heavy (non-hydrogen) atoms. The molecule has 2 rings (SSSR count). The molecule has 0 aliphatic rings. The Labute approximate surface area is 125 Å². The van der Waals surface area contributed by atoms with Crippen LogP contribution >= 0.6 is 0 Å². The summed E-state index contributed by atoms with van der Waals surface area (Å²) in [6.07, 6.45) is 0. The molecule has 112 valence electrons. The van der Waals surface area contributed by atoms with Gasteiger partial charge in [-0.1, -0.05) is 19.1 Å². The molecule has 1 aromatic heterocycles. The summed E-state index contributed by atoms with van der Waals surface area (Å²) in [5.74, 6) is 0.265. The molecule has 0 radical (unpaired) electrons. The molecule has 1 heterocycles. The van der Waals surface area contributed by atoms with Crippen molar-refractivity contribution in [3.05, 3.63) is 59.2 Å². The fourth-order valence-electron chi connectivity index (χ4n) is 2.24. The molecule has 1 aromatic carbocycles. The molecule has 0 aliphatic carbocycles. The third-order valence-corrected chi connectivity index (χ3v) is 3.27. The van der Waals surface area contributed by atoms with E-state index in [-0.39, 0.29) is 11.9 Å². The number of pyridine rings is 1. The zero-order chi connectivity index (χ0) is 15.2. The topological polar surface area (TPSA) is 34.1 Å². The number of nitrogens with one attached hydrogen (secondary N) is 1. The molecule has 0 fully saturated rings. The summed E-state index contributed by atoms with van der Waals surface area (Å²) in [5.41, 5.74) is 2.73. The number of ether oxygens (including phenoxy) is 1. The van der Waals surface area contributed by atoms with Gasteiger partial charge in [0.05, 0.1) is 5.69 Å². The fourth-order valence-corrected chi connectivity index (χ4v) is 2.24. The number of aryl methyl sites for hydroxylation is 1. The van der Waals surface area contributed by atoms with Crippen molar-refractivity contribution in [3.63, 3.8) is 0 Å². The van der Waals surface area contributed by atoms with E-state index in [1.807, 2.05) is 39.0 Å². The molecule has 0 amide bonds. The zero-order valence-electron chi connectivity index (χ0n) is 12.7. The Balaban J connectivity index is 2.16. The summed E-state index contributed by atoms with van der Waals surface area (Å²) in [7, 11) is 0. The van der Waals surface area contributed by atoms with Crippen LogP contribution in [0.5, 0.6) is 5.75 Å². The Bertz CT molecular complexity index is 601. The van der Waals surface area contributed by atoms with Crippen LogP contribution in [0.2, 0.25) is 0 Å². The number of halogens is 1. The van der Waals surface area contributed by atoms with Gasteiger partial charge in [-0.15, -0.1) is 0 Å². The predicted octanol–water partition coefficient (Wildman–Crippen LogP) is 3.78. The summed E-state index contributed by atoms with van der Waals surface area (Å²) in [6, 6.07) is 10.5. The molecular formula is C17H21FN2O. The molecule has 1 atom stereocenters. The maximum absolute atomic E-state index is 13.5. The standard InChI is InChI=1S/C17H21FN2O/c1-4-19-13(3)16-9-8-14(18)10-17(16)21-11-15-7-5-6-12(2)20-15/h5-10,13,19H,4,11H2,1-3H3. The Kier molecular flexibility index (Phi) is 5.28. The van der Waals surface area contributed by atoms with Crippen molar-refractivity contribution < 1.29 is 9.13 Å². The van der Waals surface area contributed by atoms with Gasteiger partial charge in [0, 0.05) is 23.4 Å². The maximum atomic E-state index is 13.5. The molecule has 0 spiro atoms. The van der Waals surface area contributed by atoms with Crippen LogP contribution in [0.4, 0.5) is 4.39 Å². The van der Waals surface area contributed by atoms with Gasteiger partial charge in [0.25, 0.3) is 0 Å². The minimum Gasteiger partial charge on any atom is -0.487 e. The van der Waals surface area contributed by atoms with E-state index in [0.717, 1.165) is 23.5 Å². The lowest BCUT2D eigenvalue weighted by atomic mass is 10.1. The third kappa shape index (κ3) is 4.26. The monoisotopic (exact) mass is 288 g/mol. The molecular weight excluding hydrogens is 267 g/mol. The highest BCUT2D eigenvalue weighted by atomic mass is 19.1. The second kappa shape index (κ2) is 7.18. The maximum Gasteiger partial charge on any atom is 0.130 e. The molecule has 0 bridgehead atoms. The van der Waals surface area contributed by atoms with E-state index in [1.54, 1.807) is 6.07 Å². The lowest BCUT2D eigenvalue weighted by Gasteiger charge is -2.17. The molecule has 1 unspecified atom stereocenters. The summed E-state index contributed by atoms with van der Waals surface area (Å²) >= 11 is 0. The van der Waals surface area contributed by atoms with Crippen LogP contribution in [-0.4, -0.2) is 11.5 Å². The first kappa shape index (κ1) is 15.4. The van der Waals surface area contributed by atoms with Gasteiger partial charge in [0.2, 0.25) is 0 Å². The van der Waals surface area contributed by atoms with E-state index in [1.165, 1.54) is 12.1 Å². The average molecular weight is 288 g/mol. The van der Waals surface area contributed by atoms with Gasteiger partial charge >= 0.3 is 0 Å². The molecule has 0 aliphatic heterocycles. The van der Waals surface area contributed by atoms with Crippen molar-refractivity contribution in [2.45, 2.75) is 33.4 Å². The number of nitrogens with zero attached hydrogens (tertiary/aromatic N) is 1.